The van der Waals surface area contributed by atoms with Gasteiger partial charge in [0.05, 0.1) is 26.7 Å². The van der Waals surface area contributed by atoms with Gasteiger partial charge in [-0.25, -0.2) is 13.2 Å². The summed E-state index contributed by atoms with van der Waals surface area (Å²) in [5, 5.41) is 2.70. The second-order valence-corrected chi connectivity index (χ2v) is 9.77. The van der Waals surface area contributed by atoms with E-state index in [9.17, 15) is 18.0 Å². The van der Waals surface area contributed by atoms with Gasteiger partial charge in [0.2, 0.25) is 5.91 Å². The molecular weight excluding hydrogens is 403 g/mol. The van der Waals surface area contributed by atoms with Crippen LogP contribution in [0.25, 0.3) is 0 Å². The summed E-state index contributed by atoms with van der Waals surface area (Å²) in [5.74, 6) is -0.831. The summed E-state index contributed by atoms with van der Waals surface area (Å²) in [6.07, 6.45) is -0.651. The number of hydrogen-bond acceptors (Lipinski definition) is 5. The third-order valence-corrected chi connectivity index (χ3v) is 6.32. The van der Waals surface area contributed by atoms with Gasteiger partial charge in [0.25, 0.3) is 0 Å². The molecule has 0 aliphatic carbocycles. The fourth-order valence-corrected chi connectivity index (χ4v) is 5.07. The van der Waals surface area contributed by atoms with E-state index in [1.807, 2.05) is 0 Å². The summed E-state index contributed by atoms with van der Waals surface area (Å²) in [5.41, 5.74) is -0.302. The lowest BCUT2D eigenvalue weighted by Gasteiger charge is -2.24. The average molecular weight is 423 g/mol. The molecule has 1 aromatic rings. The highest BCUT2D eigenvalue weighted by molar-refractivity contribution is 7.92. The molecule has 1 atom stereocenters. The fourth-order valence-electron chi connectivity index (χ4n) is 2.51. The van der Waals surface area contributed by atoms with Crippen LogP contribution in [0.1, 0.15) is 32.4 Å². The lowest BCUT2D eigenvalue weighted by atomic mass is 10.1. The number of nitrogens with one attached hydrogen (secondary N) is 1. The first-order chi connectivity index (χ1) is 11.8. The molecule has 0 radical (unpaired) electrons. The van der Waals surface area contributed by atoms with Gasteiger partial charge in [0.15, 0.2) is 9.84 Å². The van der Waals surface area contributed by atoms with Crippen molar-refractivity contribution in [2.45, 2.75) is 37.3 Å². The number of benzene rings is 1. The number of carbonyl (C=O) groups excluding carboxylic acids is 2. The summed E-state index contributed by atoms with van der Waals surface area (Å²) in [6, 6.07) is 2.25. The Kier molecular flexibility index (Phi) is 5.80. The number of amides is 2. The van der Waals surface area contributed by atoms with Crippen molar-refractivity contribution in [3.63, 3.8) is 0 Å². The van der Waals surface area contributed by atoms with Crippen LogP contribution in [0.15, 0.2) is 17.0 Å². The molecule has 144 valence electrons. The minimum atomic E-state index is -3.66. The molecule has 1 aliphatic rings. The van der Waals surface area contributed by atoms with E-state index in [-0.39, 0.29) is 27.2 Å². The second kappa shape index (κ2) is 7.25. The lowest BCUT2D eigenvalue weighted by Crippen LogP contribution is -2.42. The van der Waals surface area contributed by atoms with Crippen molar-refractivity contribution in [2.24, 2.45) is 0 Å². The molecule has 0 bridgehead atoms. The number of sulfone groups is 1. The summed E-state index contributed by atoms with van der Waals surface area (Å²) in [7, 11) is -2.24. The number of ether oxygens (including phenoxy) is 1. The molecule has 0 fully saturated rings. The van der Waals surface area contributed by atoms with Crippen LogP contribution in [0.3, 0.4) is 0 Å². The monoisotopic (exact) mass is 422 g/mol. The maximum absolute atomic E-state index is 12.3. The highest BCUT2D eigenvalue weighted by Gasteiger charge is 2.38. The van der Waals surface area contributed by atoms with E-state index in [1.165, 1.54) is 19.2 Å². The Morgan fingerprint density at radius 1 is 1.31 bits per heavy atom. The molecule has 2 rings (SSSR count). The van der Waals surface area contributed by atoms with Crippen molar-refractivity contribution < 1.29 is 22.7 Å². The van der Waals surface area contributed by atoms with Gasteiger partial charge in [-0.15, -0.1) is 0 Å². The smallest absolute Gasteiger partial charge is 0.410 e. The Labute approximate surface area is 162 Å². The zero-order valence-corrected chi connectivity index (χ0v) is 17.1. The molecule has 1 unspecified atom stereocenters. The van der Waals surface area contributed by atoms with Crippen LogP contribution in [0, 0.1) is 0 Å². The number of hydrogen-bond donors (Lipinski definition) is 1. The van der Waals surface area contributed by atoms with Crippen molar-refractivity contribution in [3.8, 4) is 0 Å². The van der Waals surface area contributed by atoms with Crippen LogP contribution in [0.2, 0.25) is 10.0 Å². The van der Waals surface area contributed by atoms with Gasteiger partial charge in [-0.2, -0.15) is 0 Å². The van der Waals surface area contributed by atoms with Gasteiger partial charge in [0.1, 0.15) is 12.1 Å². The van der Waals surface area contributed by atoms with Crippen molar-refractivity contribution in [1.82, 2.24) is 10.2 Å². The molecule has 1 N–H and O–H groups in total. The van der Waals surface area contributed by atoms with Crippen molar-refractivity contribution >= 4 is 45.0 Å². The van der Waals surface area contributed by atoms with E-state index >= 15 is 0 Å². The average Bonchev–Trinajstić information content (AvgIpc) is 2.71. The molecule has 0 saturated heterocycles. The van der Waals surface area contributed by atoms with Crippen molar-refractivity contribution in [3.05, 3.63) is 27.7 Å². The summed E-state index contributed by atoms with van der Waals surface area (Å²) in [4.78, 5) is 25.2. The molecule has 2 amide bonds. The van der Waals surface area contributed by atoms with E-state index in [4.69, 9.17) is 27.9 Å². The van der Waals surface area contributed by atoms with Gasteiger partial charge in [-0.05, 0) is 32.4 Å². The zero-order valence-electron chi connectivity index (χ0n) is 14.8. The number of halogens is 2. The number of nitrogens with zero attached hydrogens (tertiary/aromatic N) is 1. The second-order valence-electron chi connectivity index (χ2n) is 7.02. The first-order valence-corrected chi connectivity index (χ1v) is 10.2. The first-order valence-electron chi connectivity index (χ1n) is 7.76. The lowest BCUT2D eigenvalue weighted by molar-refractivity contribution is -0.122. The zero-order chi connectivity index (χ0) is 19.9. The summed E-state index contributed by atoms with van der Waals surface area (Å²) >= 11 is 11.9. The van der Waals surface area contributed by atoms with Gasteiger partial charge in [0, 0.05) is 7.05 Å². The predicted octanol–water partition coefficient (Wildman–Crippen LogP) is 2.80. The number of carbonyl (C=O) groups is 2. The normalized spacial score (nSPS) is 18.2. The Morgan fingerprint density at radius 2 is 1.92 bits per heavy atom. The van der Waals surface area contributed by atoms with Crippen LogP contribution >= 0.6 is 23.2 Å². The predicted molar refractivity (Wildman–Crippen MR) is 98.3 cm³/mol. The highest BCUT2D eigenvalue weighted by atomic mass is 35.5. The van der Waals surface area contributed by atoms with Crippen LogP contribution in [0.4, 0.5) is 4.79 Å². The van der Waals surface area contributed by atoms with Gasteiger partial charge in [-0.3, -0.25) is 4.79 Å². The van der Waals surface area contributed by atoms with Crippen molar-refractivity contribution in [2.75, 3.05) is 19.3 Å². The Balaban J connectivity index is 2.10. The molecule has 1 aromatic carbocycles. The van der Waals surface area contributed by atoms with Crippen LogP contribution < -0.4 is 5.32 Å². The molecule has 1 heterocycles. The number of likely N-dealkylation sites (N-methyl/N-ethyl adjacent to an activating group) is 1. The molecule has 0 spiro atoms. The van der Waals surface area contributed by atoms with Crippen LogP contribution in [-0.2, 0) is 19.4 Å². The van der Waals surface area contributed by atoms with E-state index < -0.39 is 33.5 Å². The van der Waals surface area contributed by atoms with Crippen molar-refractivity contribution in [1.29, 1.82) is 0 Å². The third kappa shape index (κ3) is 4.61. The van der Waals surface area contributed by atoms with Gasteiger partial charge in [-0.1, -0.05) is 29.3 Å². The molecule has 7 nitrogen and oxygen atoms in total. The number of fused-ring (bicyclic) bond motifs is 1. The van der Waals surface area contributed by atoms with E-state index in [2.05, 4.69) is 5.32 Å². The molecule has 0 aromatic heterocycles. The molecular formula is C16H20Cl2N2O5S. The topological polar surface area (TPSA) is 92.8 Å². The minimum Gasteiger partial charge on any atom is -0.444 e. The molecule has 1 aliphatic heterocycles. The molecule has 26 heavy (non-hydrogen) atoms. The quantitative estimate of drug-likeness (QED) is 0.807. The first kappa shape index (κ1) is 20.8. The minimum absolute atomic E-state index is 0.0493. The van der Waals surface area contributed by atoms with E-state index in [1.54, 1.807) is 20.8 Å². The van der Waals surface area contributed by atoms with Crippen LogP contribution in [-0.4, -0.2) is 50.3 Å². The maximum atomic E-state index is 12.3. The maximum Gasteiger partial charge on any atom is 0.410 e. The van der Waals surface area contributed by atoms with Gasteiger partial charge >= 0.3 is 6.09 Å². The fraction of sp³-hybridized carbons (Fsp3) is 0.500. The number of rotatable bonds is 3. The summed E-state index contributed by atoms with van der Waals surface area (Å²) in [6.45, 7) is 4.87. The SMILES string of the molecule is CN(CC(=O)NC1CS(=O)(=O)c2c1ccc(Cl)c2Cl)C(=O)OC(C)(C)C. The Hall–Kier alpha value is -1.51. The molecule has 0 saturated carbocycles. The van der Waals surface area contributed by atoms with Gasteiger partial charge < -0.3 is 15.0 Å². The standard InChI is InChI=1S/C16H20Cl2N2O5S/c1-16(2,3)25-15(22)20(4)7-12(21)19-11-8-26(23,24)14-9(11)5-6-10(17)13(14)18/h5-6,11H,7-8H2,1-4H3,(H,19,21). The highest BCUT2D eigenvalue weighted by Crippen LogP contribution is 2.41. The van der Waals surface area contributed by atoms with Crippen LogP contribution in [0.5, 0.6) is 0 Å². The Morgan fingerprint density at radius 3 is 2.50 bits per heavy atom. The Bertz CT molecular complexity index is 849. The largest absolute Gasteiger partial charge is 0.444 e. The third-order valence-electron chi connectivity index (χ3n) is 3.57. The molecule has 10 heteroatoms. The van der Waals surface area contributed by atoms with E-state index in [0.717, 1.165) is 4.90 Å². The van der Waals surface area contributed by atoms with E-state index in [0.29, 0.717) is 5.56 Å². The summed E-state index contributed by atoms with van der Waals surface area (Å²) < 4.78 is 29.8.